The molecule has 1 aliphatic heterocycles. The zero-order valence-corrected chi connectivity index (χ0v) is 11.5. The van der Waals surface area contributed by atoms with Gasteiger partial charge in [0, 0.05) is 12.1 Å². The number of nitrogens with zero attached hydrogens (tertiary/aromatic N) is 2. The number of carbonyl (C=O) groups is 1. The second-order valence-electron chi connectivity index (χ2n) is 6.09. The van der Waals surface area contributed by atoms with Crippen molar-refractivity contribution < 1.29 is 4.79 Å². The summed E-state index contributed by atoms with van der Waals surface area (Å²) in [5, 5.41) is 3.32. The summed E-state index contributed by atoms with van der Waals surface area (Å²) in [6.45, 7) is 5.81. The van der Waals surface area contributed by atoms with Crippen molar-refractivity contribution in [2.24, 2.45) is 5.92 Å². The van der Waals surface area contributed by atoms with Crippen LogP contribution in [0.5, 0.6) is 0 Å². The third-order valence-corrected chi connectivity index (χ3v) is 4.46. The van der Waals surface area contributed by atoms with Crippen LogP contribution in [0.3, 0.4) is 0 Å². The molecule has 1 unspecified atom stereocenters. The summed E-state index contributed by atoms with van der Waals surface area (Å²) < 4.78 is 0. The molecule has 4 heteroatoms. The molecule has 0 bridgehead atoms. The van der Waals surface area contributed by atoms with Crippen LogP contribution in [0.4, 0.5) is 0 Å². The molecule has 0 aromatic heterocycles. The third kappa shape index (κ3) is 2.20. The molecule has 1 amide bonds. The molecule has 1 saturated heterocycles. The van der Waals surface area contributed by atoms with E-state index in [4.69, 9.17) is 0 Å². The van der Waals surface area contributed by atoms with Crippen molar-refractivity contribution in [1.29, 1.82) is 0 Å². The lowest BCUT2D eigenvalue weighted by atomic mass is 9.75. The van der Waals surface area contributed by atoms with E-state index in [1.807, 2.05) is 4.90 Å². The molecule has 1 aliphatic carbocycles. The molecule has 2 aliphatic rings. The average molecular weight is 239 g/mol. The van der Waals surface area contributed by atoms with Gasteiger partial charge in [-0.3, -0.25) is 10.1 Å². The molecule has 17 heavy (non-hydrogen) atoms. The predicted octanol–water partition coefficient (Wildman–Crippen LogP) is 0.885. The van der Waals surface area contributed by atoms with Gasteiger partial charge in [-0.2, -0.15) is 0 Å². The molecule has 2 fully saturated rings. The number of nitrogens with one attached hydrogen (secondary N) is 1. The van der Waals surface area contributed by atoms with Crippen LogP contribution in [-0.2, 0) is 4.79 Å². The van der Waals surface area contributed by atoms with Gasteiger partial charge >= 0.3 is 0 Å². The van der Waals surface area contributed by atoms with Crippen LogP contribution in [0.25, 0.3) is 0 Å². The van der Waals surface area contributed by atoms with Crippen molar-refractivity contribution in [3.63, 3.8) is 0 Å². The summed E-state index contributed by atoms with van der Waals surface area (Å²) in [6.07, 6.45) is 3.73. The smallest absolute Gasteiger partial charge is 0.241 e. The number of hydrogen-bond acceptors (Lipinski definition) is 3. The van der Waals surface area contributed by atoms with Gasteiger partial charge in [-0.05, 0) is 39.3 Å². The highest BCUT2D eigenvalue weighted by Crippen LogP contribution is 2.37. The highest BCUT2D eigenvalue weighted by atomic mass is 16.2. The summed E-state index contributed by atoms with van der Waals surface area (Å²) in [4.78, 5) is 16.5. The van der Waals surface area contributed by atoms with Crippen molar-refractivity contribution in [1.82, 2.24) is 15.1 Å². The zero-order chi connectivity index (χ0) is 12.6. The Kier molecular flexibility index (Phi) is 3.46. The van der Waals surface area contributed by atoms with Crippen LogP contribution in [0.2, 0.25) is 0 Å². The van der Waals surface area contributed by atoms with E-state index in [-0.39, 0.29) is 17.5 Å². The van der Waals surface area contributed by atoms with Crippen LogP contribution >= 0.6 is 0 Å². The maximum Gasteiger partial charge on any atom is 0.241 e. The van der Waals surface area contributed by atoms with E-state index in [1.54, 1.807) is 0 Å². The Labute approximate surface area is 104 Å². The number of hydrogen-bond donors (Lipinski definition) is 1. The Hall–Kier alpha value is -0.610. The fourth-order valence-electron chi connectivity index (χ4n) is 2.91. The van der Waals surface area contributed by atoms with Crippen molar-refractivity contribution in [2.75, 3.05) is 27.3 Å². The number of carbonyl (C=O) groups excluding carboxylic acids is 1. The lowest BCUT2D eigenvalue weighted by Gasteiger charge is -2.49. The molecule has 0 radical (unpaired) electrons. The zero-order valence-electron chi connectivity index (χ0n) is 11.5. The van der Waals surface area contributed by atoms with Gasteiger partial charge in [0.15, 0.2) is 0 Å². The maximum absolute atomic E-state index is 12.2. The van der Waals surface area contributed by atoms with Gasteiger partial charge in [0.05, 0.1) is 12.7 Å². The van der Waals surface area contributed by atoms with Crippen molar-refractivity contribution >= 4 is 5.91 Å². The Morgan fingerprint density at radius 2 is 2.12 bits per heavy atom. The topological polar surface area (TPSA) is 35.6 Å². The number of amides is 1. The molecular formula is C13H25N3O. The van der Waals surface area contributed by atoms with Gasteiger partial charge in [-0.15, -0.1) is 0 Å². The molecule has 98 valence electrons. The first-order chi connectivity index (χ1) is 7.96. The minimum Gasteiger partial charge on any atom is -0.327 e. The third-order valence-electron chi connectivity index (χ3n) is 4.46. The predicted molar refractivity (Wildman–Crippen MR) is 68.6 cm³/mol. The van der Waals surface area contributed by atoms with Gasteiger partial charge in [0.2, 0.25) is 5.91 Å². The molecule has 1 atom stereocenters. The lowest BCUT2D eigenvalue weighted by Crippen LogP contribution is -2.57. The van der Waals surface area contributed by atoms with E-state index in [9.17, 15) is 4.79 Å². The van der Waals surface area contributed by atoms with Gasteiger partial charge in [0.1, 0.15) is 0 Å². The monoisotopic (exact) mass is 239 g/mol. The quantitative estimate of drug-likeness (QED) is 0.791. The molecule has 2 rings (SSSR count). The number of rotatable bonds is 4. The van der Waals surface area contributed by atoms with Crippen LogP contribution < -0.4 is 5.32 Å². The van der Waals surface area contributed by atoms with E-state index in [0.717, 1.165) is 13.2 Å². The Morgan fingerprint density at radius 1 is 1.47 bits per heavy atom. The fourth-order valence-corrected chi connectivity index (χ4v) is 2.91. The first-order valence-corrected chi connectivity index (χ1v) is 6.66. The normalized spacial score (nSPS) is 28.0. The Morgan fingerprint density at radius 3 is 2.47 bits per heavy atom. The summed E-state index contributed by atoms with van der Waals surface area (Å²) in [6, 6.07) is 0.0225. The molecule has 1 heterocycles. The highest BCUT2D eigenvalue weighted by Gasteiger charge is 2.44. The Balaban J connectivity index is 1.99. The summed E-state index contributed by atoms with van der Waals surface area (Å²) in [7, 11) is 4.26. The van der Waals surface area contributed by atoms with Crippen molar-refractivity contribution in [2.45, 2.75) is 44.7 Å². The summed E-state index contributed by atoms with van der Waals surface area (Å²) in [5.74, 6) is 0.664. The molecule has 4 nitrogen and oxygen atoms in total. The molecule has 1 N–H and O–H groups in total. The Bertz CT molecular complexity index is 297. The fraction of sp³-hybridized carbons (Fsp3) is 0.923. The lowest BCUT2D eigenvalue weighted by molar-refractivity contribution is -0.132. The van der Waals surface area contributed by atoms with Gasteiger partial charge in [-0.1, -0.05) is 13.8 Å². The van der Waals surface area contributed by atoms with Gasteiger partial charge < -0.3 is 9.80 Å². The minimum absolute atomic E-state index is 0.0225. The molecule has 0 aromatic rings. The van der Waals surface area contributed by atoms with Gasteiger partial charge in [-0.25, -0.2) is 0 Å². The van der Waals surface area contributed by atoms with Crippen molar-refractivity contribution in [3.05, 3.63) is 0 Å². The van der Waals surface area contributed by atoms with Gasteiger partial charge in [0.25, 0.3) is 0 Å². The second kappa shape index (κ2) is 4.58. The SMILES string of the molecule is CC(C)C1NCN(CC2(N(C)C)CCC2)C1=O. The van der Waals surface area contributed by atoms with Crippen LogP contribution in [-0.4, -0.2) is 54.6 Å². The van der Waals surface area contributed by atoms with E-state index in [2.05, 4.69) is 38.2 Å². The van der Waals surface area contributed by atoms with Crippen LogP contribution in [0.15, 0.2) is 0 Å². The van der Waals surface area contributed by atoms with Crippen LogP contribution in [0, 0.1) is 5.92 Å². The van der Waals surface area contributed by atoms with E-state index in [1.165, 1.54) is 19.3 Å². The first-order valence-electron chi connectivity index (χ1n) is 6.66. The van der Waals surface area contributed by atoms with E-state index >= 15 is 0 Å². The molecule has 0 aromatic carbocycles. The van der Waals surface area contributed by atoms with E-state index in [0.29, 0.717) is 5.92 Å². The molecule has 1 saturated carbocycles. The van der Waals surface area contributed by atoms with Crippen molar-refractivity contribution in [3.8, 4) is 0 Å². The second-order valence-corrected chi connectivity index (χ2v) is 6.09. The van der Waals surface area contributed by atoms with E-state index < -0.39 is 0 Å². The molecular weight excluding hydrogens is 214 g/mol. The average Bonchev–Trinajstić information content (AvgIpc) is 2.53. The first kappa shape index (κ1) is 12.8. The summed E-state index contributed by atoms with van der Waals surface area (Å²) in [5.41, 5.74) is 0.239. The standard InChI is InChI=1S/C13H25N3O/c1-10(2)11-12(17)16(9-14-11)8-13(15(3)4)6-5-7-13/h10-11,14H,5-9H2,1-4H3. The molecule has 0 spiro atoms. The maximum atomic E-state index is 12.2. The minimum atomic E-state index is 0.0225. The highest BCUT2D eigenvalue weighted by molar-refractivity contribution is 5.84. The largest absolute Gasteiger partial charge is 0.327 e. The van der Waals surface area contributed by atoms with Crippen LogP contribution in [0.1, 0.15) is 33.1 Å². The summed E-state index contributed by atoms with van der Waals surface area (Å²) >= 11 is 0. The number of likely N-dealkylation sites (N-methyl/N-ethyl adjacent to an activating group) is 1.